The normalized spacial score (nSPS) is 10.5. The third kappa shape index (κ3) is 3.24. The molecule has 96 valence electrons. The number of benzene rings is 1. The van der Waals surface area contributed by atoms with E-state index in [-0.39, 0.29) is 6.61 Å². The molecule has 1 aromatic carbocycles. The van der Waals surface area contributed by atoms with E-state index in [1.807, 2.05) is 29.0 Å². The van der Waals surface area contributed by atoms with Crippen LogP contribution in [0.4, 0.5) is 11.4 Å². The van der Waals surface area contributed by atoms with E-state index in [0.29, 0.717) is 6.42 Å². The lowest BCUT2D eigenvalue weighted by Gasteiger charge is -2.11. The molecule has 4 N–H and O–H groups in total. The lowest BCUT2D eigenvalue weighted by atomic mass is 10.1. The van der Waals surface area contributed by atoms with Crippen LogP contribution in [-0.2, 0) is 6.54 Å². The van der Waals surface area contributed by atoms with Crippen molar-refractivity contribution in [3.8, 4) is 0 Å². The minimum absolute atomic E-state index is 0.182. The smallest absolute Gasteiger partial charge is 0.0949 e. The number of nitrogens with zero attached hydrogens (tertiary/aromatic N) is 2. The van der Waals surface area contributed by atoms with Gasteiger partial charge in [0.2, 0.25) is 0 Å². The average Bonchev–Trinajstić information content (AvgIpc) is 2.86. The molecule has 0 unspecified atom stereocenters. The number of imidazole rings is 1. The second kappa shape index (κ2) is 6.07. The highest BCUT2D eigenvalue weighted by Crippen LogP contribution is 2.20. The van der Waals surface area contributed by atoms with E-state index in [0.717, 1.165) is 30.0 Å². The van der Waals surface area contributed by atoms with E-state index in [4.69, 9.17) is 10.8 Å². The van der Waals surface area contributed by atoms with Crippen LogP contribution in [0.3, 0.4) is 0 Å². The first-order valence-corrected chi connectivity index (χ1v) is 5.98. The van der Waals surface area contributed by atoms with Gasteiger partial charge >= 0.3 is 0 Å². The molecule has 0 fully saturated rings. The predicted octanol–water partition coefficient (Wildman–Crippen LogP) is 1.31. The summed E-state index contributed by atoms with van der Waals surface area (Å²) in [6, 6.07) is 5.94. The first-order valence-electron chi connectivity index (χ1n) is 5.98. The Labute approximate surface area is 106 Å². The molecule has 0 aliphatic rings. The number of nitrogen functional groups attached to an aromatic ring is 1. The summed E-state index contributed by atoms with van der Waals surface area (Å²) in [6.07, 6.45) is 6.19. The van der Waals surface area contributed by atoms with Crippen LogP contribution in [0.5, 0.6) is 0 Å². The average molecular weight is 246 g/mol. The highest BCUT2D eigenvalue weighted by Gasteiger charge is 2.01. The molecule has 0 saturated carbocycles. The monoisotopic (exact) mass is 246 g/mol. The third-order valence-electron chi connectivity index (χ3n) is 2.69. The van der Waals surface area contributed by atoms with Crippen LogP contribution in [0.15, 0.2) is 36.9 Å². The quantitative estimate of drug-likeness (QED) is 0.530. The van der Waals surface area contributed by atoms with Gasteiger partial charge in [0.05, 0.1) is 17.7 Å². The first-order chi connectivity index (χ1) is 8.79. The zero-order chi connectivity index (χ0) is 12.8. The second-order valence-corrected chi connectivity index (χ2v) is 4.16. The molecule has 0 bridgehead atoms. The van der Waals surface area contributed by atoms with Crippen LogP contribution in [0.25, 0.3) is 0 Å². The van der Waals surface area contributed by atoms with Crippen LogP contribution in [0.1, 0.15) is 12.0 Å². The summed E-state index contributed by atoms with van der Waals surface area (Å²) in [7, 11) is 0. The van der Waals surface area contributed by atoms with Gasteiger partial charge in [0.15, 0.2) is 0 Å². The summed E-state index contributed by atoms with van der Waals surface area (Å²) < 4.78 is 2.00. The van der Waals surface area contributed by atoms with Crippen molar-refractivity contribution in [3.05, 3.63) is 42.5 Å². The molecule has 1 aromatic heterocycles. The molecular weight excluding hydrogens is 228 g/mol. The van der Waals surface area contributed by atoms with Crippen molar-refractivity contribution in [2.45, 2.75) is 13.0 Å². The van der Waals surface area contributed by atoms with Gasteiger partial charge in [0.1, 0.15) is 0 Å². The van der Waals surface area contributed by atoms with Gasteiger partial charge in [0, 0.05) is 32.1 Å². The van der Waals surface area contributed by atoms with Crippen molar-refractivity contribution in [2.24, 2.45) is 0 Å². The number of aromatic nitrogens is 2. The number of aliphatic hydroxyl groups is 1. The first kappa shape index (κ1) is 12.4. The predicted molar refractivity (Wildman–Crippen MR) is 72.4 cm³/mol. The molecule has 0 atom stereocenters. The van der Waals surface area contributed by atoms with Crippen LogP contribution in [0, 0.1) is 0 Å². The lowest BCUT2D eigenvalue weighted by molar-refractivity contribution is 0.292. The Bertz CT molecular complexity index is 482. The Morgan fingerprint density at radius 1 is 1.39 bits per heavy atom. The van der Waals surface area contributed by atoms with E-state index in [1.165, 1.54) is 0 Å². The van der Waals surface area contributed by atoms with E-state index < -0.39 is 0 Å². The number of anilines is 2. The fourth-order valence-corrected chi connectivity index (χ4v) is 1.75. The topological polar surface area (TPSA) is 76.1 Å². The van der Waals surface area contributed by atoms with Gasteiger partial charge < -0.3 is 20.7 Å². The molecule has 0 amide bonds. The fourth-order valence-electron chi connectivity index (χ4n) is 1.75. The summed E-state index contributed by atoms with van der Waals surface area (Å²) in [6.45, 7) is 1.67. The molecule has 0 spiro atoms. The maximum absolute atomic E-state index is 8.76. The molecule has 2 aromatic rings. The lowest BCUT2D eigenvalue weighted by Crippen LogP contribution is -2.07. The Balaban J connectivity index is 2.05. The summed E-state index contributed by atoms with van der Waals surface area (Å²) >= 11 is 0. The van der Waals surface area contributed by atoms with Crippen LogP contribution in [0.2, 0.25) is 0 Å². The highest BCUT2D eigenvalue weighted by atomic mass is 16.3. The summed E-state index contributed by atoms with van der Waals surface area (Å²) in [5.41, 5.74) is 8.70. The Morgan fingerprint density at radius 3 is 3.00 bits per heavy atom. The minimum Gasteiger partial charge on any atom is -0.397 e. The van der Waals surface area contributed by atoms with E-state index in [2.05, 4.69) is 10.3 Å². The van der Waals surface area contributed by atoms with Gasteiger partial charge in [-0.1, -0.05) is 6.07 Å². The van der Waals surface area contributed by atoms with Crippen LogP contribution >= 0.6 is 0 Å². The summed E-state index contributed by atoms with van der Waals surface area (Å²) in [4.78, 5) is 4.01. The molecular formula is C13H18N4O. The van der Waals surface area contributed by atoms with Gasteiger partial charge in [-0.2, -0.15) is 0 Å². The largest absolute Gasteiger partial charge is 0.397 e. The number of aliphatic hydroxyl groups excluding tert-OH is 1. The molecule has 2 rings (SSSR count). The Kier molecular flexibility index (Phi) is 4.20. The molecule has 0 aliphatic carbocycles. The number of nitrogens with one attached hydrogen (secondary N) is 1. The SMILES string of the molecule is Nc1ccc(Cn2ccnc2)cc1NCCCO. The number of nitrogens with two attached hydrogens (primary N) is 1. The molecule has 0 radical (unpaired) electrons. The van der Waals surface area contributed by atoms with Crippen molar-refractivity contribution in [1.82, 2.24) is 9.55 Å². The van der Waals surface area contributed by atoms with Crippen LogP contribution < -0.4 is 11.1 Å². The molecule has 5 heteroatoms. The van der Waals surface area contributed by atoms with Gasteiger partial charge in [-0.3, -0.25) is 0 Å². The Hall–Kier alpha value is -2.01. The van der Waals surface area contributed by atoms with E-state index >= 15 is 0 Å². The maximum atomic E-state index is 8.76. The van der Waals surface area contributed by atoms with Gasteiger partial charge in [-0.25, -0.2) is 4.98 Å². The molecule has 0 saturated heterocycles. The fraction of sp³-hybridized carbons (Fsp3) is 0.308. The summed E-state index contributed by atoms with van der Waals surface area (Å²) in [5, 5.41) is 12.0. The number of hydrogen-bond acceptors (Lipinski definition) is 4. The minimum atomic E-state index is 0.182. The van der Waals surface area contributed by atoms with E-state index in [1.54, 1.807) is 12.5 Å². The molecule has 18 heavy (non-hydrogen) atoms. The Morgan fingerprint density at radius 2 is 2.28 bits per heavy atom. The van der Waals surface area contributed by atoms with Crippen molar-refractivity contribution < 1.29 is 5.11 Å². The number of rotatable bonds is 6. The standard InChI is InChI=1S/C13H18N4O/c14-12-3-2-11(9-17-6-5-15-10-17)8-13(12)16-4-1-7-18/h2-3,5-6,8,10,16,18H,1,4,7,9,14H2. The van der Waals surface area contributed by atoms with Gasteiger partial charge in [0.25, 0.3) is 0 Å². The van der Waals surface area contributed by atoms with Crippen molar-refractivity contribution in [1.29, 1.82) is 0 Å². The van der Waals surface area contributed by atoms with Crippen molar-refractivity contribution in [3.63, 3.8) is 0 Å². The molecule has 0 aliphatic heterocycles. The third-order valence-corrected chi connectivity index (χ3v) is 2.69. The van der Waals surface area contributed by atoms with E-state index in [9.17, 15) is 0 Å². The maximum Gasteiger partial charge on any atom is 0.0949 e. The van der Waals surface area contributed by atoms with Gasteiger partial charge in [-0.05, 0) is 24.1 Å². The zero-order valence-corrected chi connectivity index (χ0v) is 10.2. The van der Waals surface area contributed by atoms with Crippen LogP contribution in [-0.4, -0.2) is 27.8 Å². The number of hydrogen-bond donors (Lipinski definition) is 3. The van der Waals surface area contributed by atoms with Gasteiger partial charge in [-0.15, -0.1) is 0 Å². The summed E-state index contributed by atoms with van der Waals surface area (Å²) in [5.74, 6) is 0. The van der Waals surface area contributed by atoms with Crippen molar-refractivity contribution in [2.75, 3.05) is 24.2 Å². The highest BCUT2D eigenvalue weighted by molar-refractivity contribution is 5.67. The second-order valence-electron chi connectivity index (χ2n) is 4.16. The molecule has 1 heterocycles. The van der Waals surface area contributed by atoms with Crippen molar-refractivity contribution >= 4 is 11.4 Å². The zero-order valence-electron chi connectivity index (χ0n) is 10.2. The molecule has 5 nitrogen and oxygen atoms in total.